The van der Waals surface area contributed by atoms with Crippen LogP contribution in [0.1, 0.15) is 46.3 Å². The topological polar surface area (TPSA) is 69.6 Å². The number of nitrogens with one attached hydrogen (secondary N) is 1. The number of carbonyl (C=O) groups is 2. The molecule has 2 aliphatic heterocycles. The second kappa shape index (κ2) is 8.36. The molecule has 3 atom stereocenters. The highest BCUT2D eigenvalue weighted by Crippen LogP contribution is 2.44. The van der Waals surface area contributed by atoms with E-state index in [9.17, 15) is 41.0 Å². The first-order valence-corrected chi connectivity index (χ1v) is 11.3. The number of carbonyl (C=O) groups excluding carboxylic acids is 2. The van der Waals surface area contributed by atoms with Crippen molar-refractivity contribution in [2.75, 3.05) is 10.2 Å². The van der Waals surface area contributed by atoms with Crippen LogP contribution < -0.4 is 10.2 Å². The number of anilines is 2. The van der Waals surface area contributed by atoms with E-state index in [-0.39, 0.29) is 29.8 Å². The fraction of sp³-hybridized carbons (Fsp3) is 0.360. The molecule has 36 heavy (non-hydrogen) atoms. The van der Waals surface area contributed by atoms with Crippen molar-refractivity contribution in [1.29, 1.82) is 0 Å². The molecule has 2 fully saturated rings. The minimum Gasteiger partial charge on any atom is -0.391 e. The number of halogens is 6. The van der Waals surface area contributed by atoms with E-state index in [1.54, 1.807) is 4.90 Å². The molecular formula is C25H20F6N2O3. The van der Waals surface area contributed by atoms with Crippen molar-refractivity contribution in [1.82, 2.24) is 0 Å². The third-order valence-electron chi connectivity index (χ3n) is 7.06. The summed E-state index contributed by atoms with van der Waals surface area (Å²) in [5, 5.41) is 12.2. The quantitative estimate of drug-likeness (QED) is 0.444. The summed E-state index contributed by atoms with van der Waals surface area (Å²) in [6, 6.07) is 6.16. The van der Waals surface area contributed by atoms with Gasteiger partial charge in [0, 0.05) is 17.3 Å². The minimum atomic E-state index is -4.86. The van der Waals surface area contributed by atoms with Crippen LogP contribution in [0.5, 0.6) is 0 Å². The van der Waals surface area contributed by atoms with Gasteiger partial charge >= 0.3 is 12.4 Å². The first kappa shape index (κ1) is 24.4. The van der Waals surface area contributed by atoms with Gasteiger partial charge in [0.1, 0.15) is 0 Å². The number of nitrogens with zero attached hydrogens (tertiary/aromatic N) is 1. The van der Waals surface area contributed by atoms with E-state index in [0.717, 1.165) is 36.8 Å². The number of hydrogen-bond donors (Lipinski definition) is 2. The molecular weight excluding hydrogens is 490 g/mol. The Kier molecular flexibility index (Phi) is 5.66. The van der Waals surface area contributed by atoms with Gasteiger partial charge in [-0.3, -0.25) is 9.59 Å². The second-order valence-electron chi connectivity index (χ2n) is 9.18. The number of amides is 1. The lowest BCUT2D eigenvalue weighted by molar-refractivity contribution is -0.138. The van der Waals surface area contributed by atoms with E-state index < -0.39 is 58.1 Å². The Morgan fingerprint density at radius 2 is 1.72 bits per heavy atom. The molecule has 2 bridgehead atoms. The SMILES string of the molecule is O=C(Nc1ccc(N2C3CCC2[C@@H](O)C3)cc1C(F)(F)F)C1=CCc2cccc(C(F)(F)F)c2C1=O. The molecule has 2 saturated heterocycles. The van der Waals surface area contributed by atoms with Crippen LogP contribution in [-0.2, 0) is 23.6 Å². The Balaban J connectivity index is 1.45. The van der Waals surface area contributed by atoms with E-state index in [1.165, 1.54) is 12.1 Å². The molecule has 2 aromatic carbocycles. The van der Waals surface area contributed by atoms with E-state index in [4.69, 9.17) is 0 Å². The average molecular weight is 510 g/mol. The van der Waals surface area contributed by atoms with Gasteiger partial charge < -0.3 is 15.3 Å². The van der Waals surface area contributed by atoms with Gasteiger partial charge in [-0.25, -0.2) is 0 Å². The zero-order chi connectivity index (χ0) is 26.0. The van der Waals surface area contributed by atoms with Gasteiger partial charge in [-0.15, -0.1) is 0 Å². The molecule has 5 nitrogen and oxygen atoms in total. The maximum absolute atomic E-state index is 13.9. The number of Topliss-reactive ketones (excluding diaryl/α,β-unsaturated/α-hetero) is 1. The van der Waals surface area contributed by atoms with Crippen molar-refractivity contribution in [2.24, 2.45) is 0 Å². The number of fused-ring (bicyclic) bond motifs is 3. The maximum Gasteiger partial charge on any atom is 0.418 e. The molecule has 1 amide bonds. The number of aliphatic hydroxyl groups excluding tert-OH is 1. The number of benzene rings is 2. The van der Waals surface area contributed by atoms with Crippen LogP contribution in [0.25, 0.3) is 0 Å². The number of hydrogen-bond acceptors (Lipinski definition) is 4. The number of alkyl halides is 6. The maximum atomic E-state index is 13.9. The molecule has 0 saturated carbocycles. The first-order valence-electron chi connectivity index (χ1n) is 11.3. The Bertz CT molecular complexity index is 1280. The van der Waals surface area contributed by atoms with Crippen molar-refractivity contribution >= 4 is 23.1 Å². The molecule has 2 N–H and O–H groups in total. The predicted octanol–water partition coefficient (Wildman–Crippen LogP) is 5.13. The lowest BCUT2D eigenvalue weighted by Gasteiger charge is -2.27. The van der Waals surface area contributed by atoms with Crippen LogP contribution in [0.3, 0.4) is 0 Å². The smallest absolute Gasteiger partial charge is 0.391 e. The summed E-state index contributed by atoms with van der Waals surface area (Å²) in [5.74, 6) is -2.42. The number of allylic oxidation sites excluding steroid dienone is 1. The summed E-state index contributed by atoms with van der Waals surface area (Å²) in [4.78, 5) is 27.4. The fourth-order valence-corrected chi connectivity index (χ4v) is 5.50. The summed E-state index contributed by atoms with van der Waals surface area (Å²) in [6.07, 6.45) is -7.51. The van der Waals surface area contributed by atoms with Gasteiger partial charge in [0.25, 0.3) is 5.91 Å². The Morgan fingerprint density at radius 1 is 1.00 bits per heavy atom. The second-order valence-corrected chi connectivity index (χ2v) is 9.18. The molecule has 0 spiro atoms. The first-order chi connectivity index (χ1) is 16.9. The molecule has 1 aliphatic carbocycles. The van der Waals surface area contributed by atoms with Crippen molar-refractivity contribution in [3.63, 3.8) is 0 Å². The van der Waals surface area contributed by atoms with Crippen LogP contribution in [0.4, 0.5) is 37.7 Å². The van der Waals surface area contributed by atoms with Crippen LogP contribution in [0, 0.1) is 0 Å². The highest BCUT2D eigenvalue weighted by Gasteiger charge is 2.46. The normalized spacial score (nSPS) is 23.5. The number of ketones is 1. The third kappa shape index (κ3) is 4.04. The molecule has 2 aromatic rings. The Morgan fingerprint density at radius 3 is 2.33 bits per heavy atom. The fourth-order valence-electron chi connectivity index (χ4n) is 5.50. The summed E-state index contributed by atoms with van der Waals surface area (Å²) in [7, 11) is 0. The van der Waals surface area contributed by atoms with Gasteiger partial charge in [0.2, 0.25) is 0 Å². The van der Waals surface area contributed by atoms with Gasteiger partial charge in [-0.2, -0.15) is 26.3 Å². The highest BCUT2D eigenvalue weighted by atomic mass is 19.4. The number of rotatable bonds is 3. The molecule has 3 aliphatic rings. The van der Waals surface area contributed by atoms with Gasteiger partial charge in [-0.05, 0) is 55.5 Å². The van der Waals surface area contributed by atoms with Crippen LogP contribution in [0.15, 0.2) is 48.0 Å². The Hall–Kier alpha value is -3.34. The van der Waals surface area contributed by atoms with E-state index >= 15 is 0 Å². The molecule has 5 rings (SSSR count). The monoisotopic (exact) mass is 510 g/mol. The standard InChI is InChI=1S/C25H20F6N2O3/c26-24(27,28)16-3-1-2-12-4-7-15(22(35)21(12)16)23(36)32-18-8-5-13(10-17(18)25(29,30)31)33-14-6-9-19(33)20(34)11-14/h1-3,5,7-8,10,14,19-20,34H,4,6,9,11H2,(H,32,36)/t14?,19?,20-/m0/s1. The molecule has 0 radical (unpaired) electrons. The lowest BCUT2D eigenvalue weighted by Crippen LogP contribution is -2.32. The van der Waals surface area contributed by atoms with E-state index in [1.807, 2.05) is 0 Å². The summed E-state index contributed by atoms with van der Waals surface area (Å²) < 4.78 is 82.1. The predicted molar refractivity (Wildman–Crippen MR) is 118 cm³/mol. The van der Waals surface area contributed by atoms with Crippen molar-refractivity contribution < 1.29 is 41.0 Å². The molecule has 2 unspecified atom stereocenters. The third-order valence-corrected chi connectivity index (χ3v) is 7.06. The number of aliphatic hydroxyl groups is 1. The van der Waals surface area contributed by atoms with Gasteiger partial charge in [-0.1, -0.05) is 18.2 Å². The summed E-state index contributed by atoms with van der Waals surface area (Å²) >= 11 is 0. The summed E-state index contributed by atoms with van der Waals surface area (Å²) in [5.41, 5.74) is -3.98. The van der Waals surface area contributed by atoms with Crippen molar-refractivity contribution in [2.45, 2.75) is 56.2 Å². The van der Waals surface area contributed by atoms with Crippen LogP contribution >= 0.6 is 0 Å². The zero-order valence-corrected chi connectivity index (χ0v) is 18.6. The van der Waals surface area contributed by atoms with Crippen LogP contribution in [-0.4, -0.2) is 35.0 Å². The van der Waals surface area contributed by atoms with Gasteiger partial charge in [0.15, 0.2) is 5.78 Å². The zero-order valence-electron chi connectivity index (χ0n) is 18.6. The minimum absolute atomic E-state index is 0.0779. The van der Waals surface area contributed by atoms with Crippen LogP contribution in [0.2, 0.25) is 0 Å². The van der Waals surface area contributed by atoms with Gasteiger partial charge in [0.05, 0.1) is 34.5 Å². The molecule has 11 heteroatoms. The van der Waals surface area contributed by atoms with Crippen molar-refractivity contribution in [3.05, 3.63) is 70.3 Å². The van der Waals surface area contributed by atoms with E-state index in [0.29, 0.717) is 12.8 Å². The van der Waals surface area contributed by atoms with E-state index in [2.05, 4.69) is 5.32 Å². The molecule has 2 heterocycles. The lowest BCUT2D eigenvalue weighted by atomic mass is 9.86. The Labute approximate surface area is 201 Å². The largest absolute Gasteiger partial charge is 0.418 e. The average Bonchev–Trinajstić information content (AvgIpc) is 3.34. The summed E-state index contributed by atoms with van der Waals surface area (Å²) in [6.45, 7) is 0. The molecule has 0 aromatic heterocycles. The highest BCUT2D eigenvalue weighted by molar-refractivity contribution is 6.30. The molecule has 190 valence electrons. The van der Waals surface area contributed by atoms with Crippen molar-refractivity contribution in [3.8, 4) is 0 Å².